The first-order valence-corrected chi connectivity index (χ1v) is 6.33. The summed E-state index contributed by atoms with van der Waals surface area (Å²) in [6.45, 7) is 0. The minimum atomic E-state index is -0.551. The molecule has 104 valence electrons. The lowest BCUT2D eigenvalue weighted by atomic mass is 10.2. The van der Waals surface area contributed by atoms with Crippen LogP contribution in [-0.2, 0) is 4.74 Å². The highest BCUT2D eigenvalue weighted by molar-refractivity contribution is 6.43. The van der Waals surface area contributed by atoms with Gasteiger partial charge < -0.3 is 15.8 Å². The second kappa shape index (κ2) is 5.98. The SMILES string of the molecule is COC(=O)c1cc(N)cnc1Nc1cccc(Cl)c1Cl. The van der Waals surface area contributed by atoms with Crippen molar-refractivity contribution in [3.05, 3.63) is 46.1 Å². The van der Waals surface area contributed by atoms with Crippen LogP contribution in [0.25, 0.3) is 0 Å². The van der Waals surface area contributed by atoms with E-state index in [1.165, 1.54) is 19.4 Å². The Morgan fingerprint density at radius 1 is 1.40 bits per heavy atom. The molecule has 0 fully saturated rings. The van der Waals surface area contributed by atoms with Crippen molar-refractivity contribution >= 4 is 46.4 Å². The van der Waals surface area contributed by atoms with Crippen LogP contribution in [0.3, 0.4) is 0 Å². The lowest BCUT2D eigenvalue weighted by Crippen LogP contribution is -2.08. The van der Waals surface area contributed by atoms with Crippen LogP contribution in [0.4, 0.5) is 17.2 Å². The topological polar surface area (TPSA) is 77.2 Å². The number of methoxy groups -OCH3 is 1. The molecular formula is C13H11Cl2N3O2. The van der Waals surface area contributed by atoms with Gasteiger partial charge in [0.05, 0.1) is 34.7 Å². The first kappa shape index (κ1) is 14.4. The molecule has 1 aromatic carbocycles. The van der Waals surface area contributed by atoms with Crippen LogP contribution < -0.4 is 11.1 Å². The summed E-state index contributed by atoms with van der Waals surface area (Å²) in [7, 11) is 1.28. The van der Waals surface area contributed by atoms with Crippen molar-refractivity contribution in [3.63, 3.8) is 0 Å². The van der Waals surface area contributed by atoms with Crippen molar-refractivity contribution in [2.45, 2.75) is 0 Å². The molecule has 0 bridgehead atoms. The Hall–Kier alpha value is -1.98. The highest BCUT2D eigenvalue weighted by Gasteiger charge is 2.15. The molecule has 1 aromatic heterocycles. The summed E-state index contributed by atoms with van der Waals surface area (Å²) in [5, 5.41) is 3.67. The van der Waals surface area contributed by atoms with Crippen LogP contribution in [0.5, 0.6) is 0 Å². The zero-order valence-electron chi connectivity index (χ0n) is 10.5. The second-order valence-electron chi connectivity index (χ2n) is 3.88. The zero-order valence-corrected chi connectivity index (χ0v) is 12.0. The number of carbonyl (C=O) groups is 1. The van der Waals surface area contributed by atoms with Gasteiger partial charge in [-0.3, -0.25) is 0 Å². The van der Waals surface area contributed by atoms with Crippen LogP contribution in [0.15, 0.2) is 30.5 Å². The molecule has 7 heteroatoms. The maximum absolute atomic E-state index is 11.7. The Morgan fingerprint density at radius 2 is 2.15 bits per heavy atom. The number of carbonyl (C=O) groups excluding carboxylic acids is 1. The minimum Gasteiger partial charge on any atom is -0.465 e. The number of rotatable bonds is 3. The van der Waals surface area contributed by atoms with E-state index in [1.807, 2.05) is 0 Å². The number of hydrogen-bond donors (Lipinski definition) is 2. The fraction of sp³-hybridized carbons (Fsp3) is 0.0769. The molecule has 1 heterocycles. The van der Waals surface area contributed by atoms with Crippen molar-refractivity contribution < 1.29 is 9.53 Å². The minimum absolute atomic E-state index is 0.212. The van der Waals surface area contributed by atoms with E-state index in [4.69, 9.17) is 33.7 Å². The number of nitrogens with two attached hydrogens (primary N) is 1. The highest BCUT2D eigenvalue weighted by atomic mass is 35.5. The summed E-state index contributed by atoms with van der Waals surface area (Å²) in [6.07, 6.45) is 1.42. The van der Waals surface area contributed by atoms with E-state index in [0.717, 1.165) is 0 Å². The Labute approximate surface area is 125 Å². The number of pyridine rings is 1. The number of esters is 1. The van der Waals surface area contributed by atoms with Crippen LogP contribution in [-0.4, -0.2) is 18.1 Å². The molecule has 0 atom stereocenters. The lowest BCUT2D eigenvalue weighted by molar-refractivity contribution is 0.0601. The molecule has 5 nitrogen and oxygen atoms in total. The summed E-state index contributed by atoms with van der Waals surface area (Å²) < 4.78 is 4.69. The first-order chi connectivity index (χ1) is 9.52. The van der Waals surface area contributed by atoms with Crippen molar-refractivity contribution in [1.82, 2.24) is 4.98 Å². The molecule has 0 aliphatic carbocycles. The van der Waals surface area contributed by atoms with Gasteiger partial charge in [0, 0.05) is 0 Å². The van der Waals surface area contributed by atoms with Gasteiger partial charge in [0.2, 0.25) is 0 Å². The number of nitrogens with zero attached hydrogens (tertiary/aromatic N) is 1. The molecule has 0 aliphatic rings. The van der Waals surface area contributed by atoms with Crippen LogP contribution in [0.1, 0.15) is 10.4 Å². The van der Waals surface area contributed by atoms with Gasteiger partial charge in [0.15, 0.2) is 0 Å². The molecule has 20 heavy (non-hydrogen) atoms. The third-order valence-corrected chi connectivity index (χ3v) is 3.34. The average molecular weight is 312 g/mol. The van der Waals surface area contributed by atoms with E-state index in [0.29, 0.717) is 21.4 Å². The lowest BCUT2D eigenvalue weighted by Gasteiger charge is -2.12. The Kier molecular flexibility index (Phi) is 4.32. The second-order valence-corrected chi connectivity index (χ2v) is 4.67. The Bertz CT molecular complexity index is 662. The fourth-order valence-corrected chi connectivity index (χ4v) is 1.92. The van der Waals surface area contributed by atoms with Gasteiger partial charge >= 0.3 is 5.97 Å². The zero-order chi connectivity index (χ0) is 14.7. The number of aromatic nitrogens is 1. The van der Waals surface area contributed by atoms with E-state index in [1.54, 1.807) is 18.2 Å². The molecule has 0 aliphatic heterocycles. The Balaban J connectivity index is 2.43. The third-order valence-electron chi connectivity index (χ3n) is 2.52. The van der Waals surface area contributed by atoms with Gasteiger partial charge in [-0.2, -0.15) is 0 Å². The van der Waals surface area contributed by atoms with Crippen LogP contribution >= 0.6 is 23.2 Å². The van der Waals surface area contributed by atoms with Gasteiger partial charge in [0.25, 0.3) is 0 Å². The third kappa shape index (κ3) is 2.95. The number of halogens is 2. The number of ether oxygens (including phenoxy) is 1. The van der Waals surface area contributed by atoms with E-state index in [9.17, 15) is 4.79 Å². The predicted octanol–water partition coefficient (Wildman–Crippen LogP) is 3.50. The van der Waals surface area contributed by atoms with E-state index >= 15 is 0 Å². The smallest absolute Gasteiger partial charge is 0.341 e. The maximum atomic E-state index is 11.7. The van der Waals surface area contributed by atoms with Gasteiger partial charge in [-0.1, -0.05) is 29.3 Å². The van der Waals surface area contributed by atoms with E-state index in [2.05, 4.69) is 10.3 Å². The van der Waals surface area contributed by atoms with E-state index < -0.39 is 5.97 Å². The first-order valence-electron chi connectivity index (χ1n) is 5.57. The van der Waals surface area contributed by atoms with Crippen molar-refractivity contribution in [2.75, 3.05) is 18.2 Å². The number of hydrogen-bond acceptors (Lipinski definition) is 5. The largest absolute Gasteiger partial charge is 0.465 e. The molecule has 0 amide bonds. The molecule has 0 saturated heterocycles. The van der Waals surface area contributed by atoms with Crippen LogP contribution in [0.2, 0.25) is 10.0 Å². The molecule has 2 aromatic rings. The summed E-state index contributed by atoms with van der Waals surface area (Å²) in [4.78, 5) is 15.8. The van der Waals surface area contributed by atoms with Gasteiger partial charge in [-0.05, 0) is 18.2 Å². The van der Waals surface area contributed by atoms with Crippen molar-refractivity contribution in [3.8, 4) is 0 Å². The van der Waals surface area contributed by atoms with Gasteiger partial charge in [-0.25, -0.2) is 9.78 Å². The standard InChI is InChI=1S/C13H11Cl2N3O2/c1-20-13(19)8-5-7(16)6-17-12(8)18-10-4-2-3-9(14)11(10)15/h2-6H,16H2,1H3,(H,17,18). The highest BCUT2D eigenvalue weighted by Crippen LogP contribution is 2.32. The van der Waals surface area contributed by atoms with Gasteiger partial charge in [-0.15, -0.1) is 0 Å². The molecule has 0 unspecified atom stereocenters. The molecule has 0 saturated carbocycles. The molecule has 2 rings (SSSR count). The van der Waals surface area contributed by atoms with Crippen molar-refractivity contribution in [2.24, 2.45) is 0 Å². The summed E-state index contributed by atoms with van der Waals surface area (Å²) in [6, 6.07) is 6.57. The Morgan fingerprint density at radius 3 is 2.85 bits per heavy atom. The number of nitrogens with one attached hydrogen (secondary N) is 1. The molecule has 0 radical (unpaired) electrons. The average Bonchev–Trinajstić information content (AvgIpc) is 2.44. The molecule has 3 N–H and O–H groups in total. The number of benzene rings is 1. The molecular weight excluding hydrogens is 301 g/mol. The predicted molar refractivity (Wildman–Crippen MR) is 79.7 cm³/mol. The van der Waals surface area contributed by atoms with Crippen molar-refractivity contribution in [1.29, 1.82) is 0 Å². The quantitative estimate of drug-likeness (QED) is 0.848. The number of anilines is 3. The summed E-state index contributed by atoms with van der Waals surface area (Å²) in [5.41, 5.74) is 6.72. The summed E-state index contributed by atoms with van der Waals surface area (Å²) in [5.74, 6) is -0.263. The fourth-order valence-electron chi connectivity index (χ4n) is 1.57. The van der Waals surface area contributed by atoms with Gasteiger partial charge in [0.1, 0.15) is 11.4 Å². The van der Waals surface area contributed by atoms with E-state index in [-0.39, 0.29) is 11.4 Å². The monoisotopic (exact) mass is 311 g/mol. The normalized spacial score (nSPS) is 10.2. The van der Waals surface area contributed by atoms with Crippen LogP contribution in [0, 0.1) is 0 Å². The number of nitrogen functional groups attached to an aromatic ring is 1. The summed E-state index contributed by atoms with van der Waals surface area (Å²) >= 11 is 12.0. The molecule has 0 spiro atoms. The maximum Gasteiger partial charge on any atom is 0.341 e.